The van der Waals surface area contributed by atoms with E-state index in [0.29, 0.717) is 11.4 Å². The molecule has 0 aliphatic rings. The predicted molar refractivity (Wildman–Crippen MR) is 60.1 cm³/mol. The van der Waals surface area contributed by atoms with Crippen LogP contribution in [0.1, 0.15) is 5.82 Å². The normalized spacial score (nSPS) is 12.4. The maximum atomic E-state index is 12.1. The van der Waals surface area contributed by atoms with Gasteiger partial charge in [-0.2, -0.15) is 26.6 Å². The van der Waals surface area contributed by atoms with Crippen LogP contribution in [0.3, 0.4) is 0 Å². The van der Waals surface area contributed by atoms with Gasteiger partial charge >= 0.3 is 15.6 Å². The van der Waals surface area contributed by atoms with Crippen LogP contribution in [-0.2, 0) is 10.1 Å². The van der Waals surface area contributed by atoms with Crippen LogP contribution in [0, 0.1) is 6.92 Å². The molecule has 0 fully saturated rings. The summed E-state index contributed by atoms with van der Waals surface area (Å²) in [5, 5.41) is 3.55. The highest BCUT2D eigenvalue weighted by Gasteiger charge is 2.48. The smallest absolute Gasteiger partial charge is 0.376 e. The molecule has 0 amide bonds. The highest BCUT2D eigenvalue weighted by Crippen LogP contribution is 2.28. The second-order valence-electron chi connectivity index (χ2n) is 3.65. The number of hydrogen-bond acceptors (Lipinski definition) is 6. The molecular formula is C10H7F3N2O4S. The Morgan fingerprint density at radius 1 is 1.20 bits per heavy atom. The van der Waals surface area contributed by atoms with Gasteiger partial charge in [0.15, 0.2) is 5.82 Å². The lowest BCUT2D eigenvalue weighted by molar-refractivity contribution is -0.0500. The Balaban J connectivity index is 2.22. The van der Waals surface area contributed by atoms with E-state index in [1.807, 2.05) is 0 Å². The lowest BCUT2D eigenvalue weighted by Gasteiger charge is -2.09. The maximum absolute atomic E-state index is 12.1. The van der Waals surface area contributed by atoms with E-state index in [9.17, 15) is 21.6 Å². The first-order valence-corrected chi connectivity index (χ1v) is 6.51. The number of benzene rings is 1. The summed E-state index contributed by atoms with van der Waals surface area (Å²) in [6, 6.07) is 4.71. The standard InChI is InChI=1S/C10H7F3N2O4S/c1-6-14-9(18-15-6)7-2-4-8(5-3-7)19-20(16,17)10(11,12)13/h2-5H,1H3. The molecule has 0 bridgehead atoms. The van der Waals surface area contributed by atoms with Gasteiger partial charge in [-0.3, -0.25) is 0 Å². The fraction of sp³-hybridized carbons (Fsp3) is 0.200. The largest absolute Gasteiger partial charge is 0.534 e. The second kappa shape index (κ2) is 4.78. The van der Waals surface area contributed by atoms with E-state index >= 15 is 0 Å². The number of aryl methyl sites for hydroxylation is 1. The third-order valence-electron chi connectivity index (χ3n) is 2.12. The summed E-state index contributed by atoms with van der Waals surface area (Å²) >= 11 is 0. The number of alkyl halides is 3. The molecule has 108 valence electrons. The first-order chi connectivity index (χ1) is 9.19. The van der Waals surface area contributed by atoms with E-state index in [2.05, 4.69) is 14.3 Å². The topological polar surface area (TPSA) is 82.3 Å². The van der Waals surface area contributed by atoms with Crippen molar-refractivity contribution in [2.75, 3.05) is 0 Å². The van der Waals surface area contributed by atoms with Crippen molar-refractivity contribution in [2.45, 2.75) is 12.4 Å². The molecule has 0 unspecified atom stereocenters. The van der Waals surface area contributed by atoms with Crippen molar-refractivity contribution in [3.8, 4) is 17.2 Å². The molecule has 0 radical (unpaired) electrons. The Bertz CT molecular complexity index is 707. The Labute approximate surface area is 111 Å². The number of hydrogen-bond donors (Lipinski definition) is 0. The van der Waals surface area contributed by atoms with Crippen LogP contribution in [0.5, 0.6) is 5.75 Å². The zero-order valence-corrected chi connectivity index (χ0v) is 10.7. The van der Waals surface area contributed by atoms with Crippen LogP contribution in [0.2, 0.25) is 0 Å². The third kappa shape index (κ3) is 2.90. The van der Waals surface area contributed by atoms with Gasteiger partial charge < -0.3 is 8.71 Å². The number of aromatic nitrogens is 2. The van der Waals surface area contributed by atoms with Crippen molar-refractivity contribution < 1.29 is 30.3 Å². The highest BCUT2D eigenvalue weighted by molar-refractivity contribution is 7.87. The number of rotatable bonds is 3. The summed E-state index contributed by atoms with van der Waals surface area (Å²) in [7, 11) is -5.68. The SMILES string of the molecule is Cc1noc(-c2ccc(OS(=O)(=O)C(F)(F)F)cc2)n1. The molecule has 1 aromatic heterocycles. The minimum absolute atomic E-state index is 0.160. The molecule has 6 nitrogen and oxygen atoms in total. The molecule has 1 aromatic carbocycles. The molecule has 0 saturated carbocycles. The molecule has 2 aromatic rings. The molecule has 0 N–H and O–H groups in total. The van der Waals surface area contributed by atoms with E-state index < -0.39 is 21.4 Å². The van der Waals surface area contributed by atoms with E-state index in [1.165, 1.54) is 12.1 Å². The lowest BCUT2D eigenvalue weighted by Crippen LogP contribution is -2.28. The average Bonchev–Trinajstić information content (AvgIpc) is 2.75. The monoisotopic (exact) mass is 308 g/mol. The van der Waals surface area contributed by atoms with Crippen LogP contribution >= 0.6 is 0 Å². The van der Waals surface area contributed by atoms with Crippen molar-refractivity contribution in [2.24, 2.45) is 0 Å². The van der Waals surface area contributed by atoms with Crippen molar-refractivity contribution in [3.63, 3.8) is 0 Å². The van der Waals surface area contributed by atoms with Crippen molar-refractivity contribution >= 4 is 10.1 Å². The van der Waals surface area contributed by atoms with Gasteiger partial charge in [0.05, 0.1) is 0 Å². The molecule has 0 aliphatic heterocycles. The zero-order chi connectivity index (χ0) is 15.0. The first-order valence-electron chi connectivity index (χ1n) is 5.10. The minimum Gasteiger partial charge on any atom is -0.376 e. The molecule has 1 heterocycles. The van der Waals surface area contributed by atoms with Crippen molar-refractivity contribution in [3.05, 3.63) is 30.1 Å². The average molecular weight is 308 g/mol. The van der Waals surface area contributed by atoms with Gasteiger partial charge in [-0.15, -0.1) is 0 Å². The Morgan fingerprint density at radius 3 is 2.25 bits per heavy atom. The highest BCUT2D eigenvalue weighted by atomic mass is 32.2. The van der Waals surface area contributed by atoms with Gasteiger partial charge in [-0.1, -0.05) is 5.16 Å². The Kier molecular flexibility index (Phi) is 3.42. The van der Waals surface area contributed by atoms with Crippen LogP contribution in [-0.4, -0.2) is 24.1 Å². The maximum Gasteiger partial charge on any atom is 0.534 e. The molecule has 0 atom stereocenters. The van der Waals surface area contributed by atoms with Crippen LogP contribution in [0.4, 0.5) is 13.2 Å². The van der Waals surface area contributed by atoms with Gasteiger partial charge in [0, 0.05) is 5.56 Å². The fourth-order valence-electron chi connectivity index (χ4n) is 1.24. The lowest BCUT2D eigenvalue weighted by atomic mass is 10.2. The van der Waals surface area contributed by atoms with Crippen LogP contribution < -0.4 is 4.18 Å². The number of nitrogens with zero attached hydrogens (tertiary/aromatic N) is 2. The van der Waals surface area contributed by atoms with Gasteiger partial charge in [-0.05, 0) is 31.2 Å². The third-order valence-corrected chi connectivity index (χ3v) is 3.10. The van der Waals surface area contributed by atoms with Gasteiger partial charge in [-0.25, -0.2) is 0 Å². The van der Waals surface area contributed by atoms with Gasteiger partial charge in [0.25, 0.3) is 5.89 Å². The van der Waals surface area contributed by atoms with Crippen molar-refractivity contribution in [1.29, 1.82) is 0 Å². The molecule has 20 heavy (non-hydrogen) atoms. The summed E-state index contributed by atoms with van der Waals surface area (Å²) in [6.07, 6.45) is 0. The Hall–Kier alpha value is -2.10. The molecular weight excluding hydrogens is 301 g/mol. The second-order valence-corrected chi connectivity index (χ2v) is 5.19. The van der Waals surface area contributed by atoms with Gasteiger partial charge in [0.2, 0.25) is 0 Å². The predicted octanol–water partition coefficient (Wildman–Crippen LogP) is 2.27. The van der Waals surface area contributed by atoms with E-state index in [1.54, 1.807) is 6.92 Å². The zero-order valence-electron chi connectivity index (χ0n) is 9.88. The fourth-order valence-corrected chi connectivity index (χ4v) is 1.70. The summed E-state index contributed by atoms with van der Waals surface area (Å²) in [4.78, 5) is 3.91. The summed E-state index contributed by atoms with van der Waals surface area (Å²) in [6.45, 7) is 1.60. The van der Waals surface area contributed by atoms with E-state index in [-0.39, 0.29) is 5.89 Å². The molecule has 0 spiro atoms. The molecule has 2 rings (SSSR count). The van der Waals surface area contributed by atoms with E-state index in [4.69, 9.17) is 4.52 Å². The van der Waals surface area contributed by atoms with Crippen molar-refractivity contribution in [1.82, 2.24) is 10.1 Å². The molecule has 0 aliphatic carbocycles. The van der Waals surface area contributed by atoms with E-state index in [0.717, 1.165) is 12.1 Å². The summed E-state index contributed by atoms with van der Waals surface area (Å²) < 4.78 is 66.7. The van der Waals surface area contributed by atoms with Gasteiger partial charge in [0.1, 0.15) is 5.75 Å². The van der Waals surface area contributed by atoms with Crippen LogP contribution in [0.25, 0.3) is 11.5 Å². The first kappa shape index (κ1) is 14.3. The summed E-state index contributed by atoms with van der Waals surface area (Å²) in [5.74, 6) is 0.0787. The molecule has 10 heteroatoms. The quantitative estimate of drug-likeness (QED) is 0.639. The molecule has 0 saturated heterocycles. The Morgan fingerprint density at radius 2 is 1.80 bits per heavy atom. The minimum atomic E-state index is -5.68. The number of halogens is 3. The van der Waals surface area contributed by atoms with Crippen LogP contribution in [0.15, 0.2) is 28.8 Å². The summed E-state index contributed by atoms with van der Waals surface area (Å²) in [5.41, 5.74) is -5.06.